The maximum absolute atomic E-state index is 12.5. The fourth-order valence-corrected chi connectivity index (χ4v) is 5.28. The Hall–Kier alpha value is -1.40. The summed E-state index contributed by atoms with van der Waals surface area (Å²) in [4.78, 5) is 12.1. The van der Waals surface area contributed by atoms with E-state index in [4.69, 9.17) is 0 Å². The maximum Gasteiger partial charge on any atom is 0.235 e. The van der Waals surface area contributed by atoms with E-state index in [1.807, 2.05) is 24.3 Å². The number of carbonyl (C=O) groups is 1. The van der Waals surface area contributed by atoms with Crippen LogP contribution in [0, 0.1) is 5.92 Å². The molecule has 1 saturated carbocycles. The molecule has 0 N–H and O–H groups in total. The SMILES string of the molecule is CCS(=O)(=O)N(CC1CC1)c1sc2ccccc2c1C(C)=O. The van der Waals surface area contributed by atoms with Crippen molar-refractivity contribution < 1.29 is 13.2 Å². The smallest absolute Gasteiger partial charge is 0.235 e. The summed E-state index contributed by atoms with van der Waals surface area (Å²) in [7, 11) is -3.38. The Balaban J connectivity index is 2.20. The summed E-state index contributed by atoms with van der Waals surface area (Å²) in [6, 6.07) is 7.61. The Kier molecular flexibility index (Phi) is 3.99. The van der Waals surface area contributed by atoms with Crippen molar-refractivity contribution in [2.24, 2.45) is 5.92 Å². The third-order valence-electron chi connectivity index (χ3n) is 3.98. The van der Waals surface area contributed by atoms with E-state index in [0.717, 1.165) is 22.9 Å². The third-order valence-corrected chi connectivity index (χ3v) is 7.02. The van der Waals surface area contributed by atoms with Crippen molar-refractivity contribution in [1.29, 1.82) is 0 Å². The molecule has 3 rings (SSSR count). The molecule has 4 nitrogen and oxygen atoms in total. The van der Waals surface area contributed by atoms with Gasteiger partial charge in [0.1, 0.15) is 5.00 Å². The van der Waals surface area contributed by atoms with Gasteiger partial charge in [-0.3, -0.25) is 9.10 Å². The molecular weight excluding hydrogens is 318 g/mol. The lowest BCUT2D eigenvalue weighted by Gasteiger charge is -2.23. The van der Waals surface area contributed by atoms with E-state index in [-0.39, 0.29) is 11.5 Å². The van der Waals surface area contributed by atoms with Gasteiger partial charge in [0.05, 0.1) is 11.3 Å². The zero-order chi connectivity index (χ0) is 15.9. The topological polar surface area (TPSA) is 54.5 Å². The van der Waals surface area contributed by atoms with Gasteiger partial charge >= 0.3 is 0 Å². The van der Waals surface area contributed by atoms with Gasteiger partial charge in [-0.1, -0.05) is 18.2 Å². The van der Waals surface area contributed by atoms with Crippen molar-refractivity contribution in [3.8, 4) is 0 Å². The number of sulfonamides is 1. The Morgan fingerprint density at radius 3 is 2.59 bits per heavy atom. The van der Waals surface area contributed by atoms with Crippen molar-refractivity contribution in [2.75, 3.05) is 16.6 Å². The quantitative estimate of drug-likeness (QED) is 0.756. The Morgan fingerprint density at radius 1 is 1.32 bits per heavy atom. The van der Waals surface area contributed by atoms with Gasteiger partial charge in [-0.2, -0.15) is 0 Å². The first-order chi connectivity index (χ1) is 10.4. The molecule has 22 heavy (non-hydrogen) atoms. The molecule has 0 bridgehead atoms. The second-order valence-corrected chi connectivity index (χ2v) is 8.92. The van der Waals surface area contributed by atoms with E-state index in [1.54, 1.807) is 6.92 Å². The molecule has 0 saturated heterocycles. The first-order valence-electron chi connectivity index (χ1n) is 7.47. The van der Waals surface area contributed by atoms with E-state index < -0.39 is 10.0 Å². The Morgan fingerprint density at radius 2 is 2.00 bits per heavy atom. The zero-order valence-corrected chi connectivity index (χ0v) is 14.3. The minimum Gasteiger partial charge on any atom is -0.294 e. The number of hydrogen-bond acceptors (Lipinski definition) is 4. The molecule has 1 aromatic carbocycles. The normalized spacial score (nSPS) is 15.2. The molecule has 0 atom stereocenters. The number of thiophene rings is 1. The van der Waals surface area contributed by atoms with Crippen molar-refractivity contribution in [2.45, 2.75) is 26.7 Å². The molecular formula is C16H19NO3S2. The summed E-state index contributed by atoms with van der Waals surface area (Å²) < 4.78 is 27.5. The fourth-order valence-electron chi connectivity index (χ4n) is 2.56. The first-order valence-corrected chi connectivity index (χ1v) is 9.89. The third kappa shape index (κ3) is 2.77. The van der Waals surface area contributed by atoms with Crippen LogP contribution in [0.4, 0.5) is 5.00 Å². The second-order valence-electron chi connectivity index (χ2n) is 5.71. The highest BCUT2D eigenvalue weighted by Crippen LogP contribution is 2.42. The minimum atomic E-state index is -3.38. The average Bonchev–Trinajstić information content (AvgIpc) is 3.22. The van der Waals surface area contributed by atoms with Crippen molar-refractivity contribution in [3.63, 3.8) is 0 Å². The molecule has 118 valence electrons. The minimum absolute atomic E-state index is 0.0469. The summed E-state index contributed by atoms with van der Waals surface area (Å²) in [5, 5.41) is 1.43. The van der Waals surface area contributed by atoms with Crippen LogP contribution in [-0.2, 0) is 10.0 Å². The number of Topliss-reactive ketones (excluding diaryl/α,β-unsaturated/α-hetero) is 1. The molecule has 0 unspecified atom stereocenters. The standard InChI is InChI=1S/C16H19NO3S2/c1-3-22(19,20)17(10-12-8-9-12)16-15(11(2)18)13-6-4-5-7-14(13)21-16/h4-7,12H,3,8-10H2,1-2H3. The lowest BCUT2D eigenvalue weighted by atomic mass is 10.1. The summed E-state index contributed by atoms with van der Waals surface area (Å²) in [6.07, 6.45) is 2.13. The highest BCUT2D eigenvalue weighted by molar-refractivity contribution is 7.93. The van der Waals surface area contributed by atoms with Crippen LogP contribution in [0.25, 0.3) is 10.1 Å². The first kappa shape index (κ1) is 15.5. The van der Waals surface area contributed by atoms with Crippen LogP contribution in [-0.4, -0.2) is 26.5 Å². The van der Waals surface area contributed by atoms with Crippen LogP contribution in [0.1, 0.15) is 37.0 Å². The number of ketones is 1. The highest BCUT2D eigenvalue weighted by atomic mass is 32.2. The fraction of sp³-hybridized carbons (Fsp3) is 0.438. The molecule has 0 spiro atoms. The lowest BCUT2D eigenvalue weighted by Crippen LogP contribution is -2.34. The number of anilines is 1. The zero-order valence-electron chi connectivity index (χ0n) is 12.7. The summed E-state index contributed by atoms with van der Waals surface area (Å²) in [5.74, 6) is 0.386. The van der Waals surface area contributed by atoms with Gasteiger partial charge < -0.3 is 0 Å². The predicted molar refractivity (Wildman–Crippen MR) is 91.4 cm³/mol. The molecule has 0 radical (unpaired) electrons. The van der Waals surface area contributed by atoms with Gasteiger partial charge in [-0.05, 0) is 38.7 Å². The average molecular weight is 337 g/mol. The van der Waals surface area contributed by atoms with Crippen molar-refractivity contribution in [3.05, 3.63) is 29.8 Å². The van der Waals surface area contributed by atoms with E-state index >= 15 is 0 Å². The number of fused-ring (bicyclic) bond motifs is 1. The van der Waals surface area contributed by atoms with Crippen molar-refractivity contribution in [1.82, 2.24) is 0 Å². The van der Waals surface area contributed by atoms with Gasteiger partial charge in [-0.25, -0.2) is 8.42 Å². The molecule has 1 aliphatic rings. The number of nitrogens with zero attached hydrogens (tertiary/aromatic N) is 1. The number of benzene rings is 1. The molecule has 6 heteroatoms. The largest absolute Gasteiger partial charge is 0.294 e. The van der Waals surface area contributed by atoms with Gasteiger partial charge in [0.2, 0.25) is 10.0 Å². The number of carbonyl (C=O) groups excluding carboxylic acids is 1. The van der Waals surface area contributed by atoms with E-state index in [2.05, 4.69) is 0 Å². The maximum atomic E-state index is 12.5. The van der Waals surface area contributed by atoms with Crippen LogP contribution in [0.2, 0.25) is 0 Å². The Bertz CT molecular complexity index is 819. The van der Waals surface area contributed by atoms with Gasteiger partial charge in [-0.15, -0.1) is 11.3 Å². The second kappa shape index (κ2) is 5.66. The molecule has 1 aliphatic carbocycles. The number of hydrogen-bond donors (Lipinski definition) is 0. The summed E-state index contributed by atoms with van der Waals surface area (Å²) in [5.41, 5.74) is 0.540. The molecule has 0 amide bonds. The lowest BCUT2D eigenvalue weighted by molar-refractivity contribution is 0.102. The van der Waals surface area contributed by atoms with E-state index in [9.17, 15) is 13.2 Å². The van der Waals surface area contributed by atoms with E-state index in [1.165, 1.54) is 22.6 Å². The van der Waals surface area contributed by atoms with Gasteiger partial charge in [0.15, 0.2) is 5.78 Å². The highest BCUT2D eigenvalue weighted by Gasteiger charge is 2.33. The van der Waals surface area contributed by atoms with Crippen LogP contribution < -0.4 is 4.31 Å². The molecule has 1 fully saturated rings. The van der Waals surface area contributed by atoms with Crippen LogP contribution in [0.15, 0.2) is 24.3 Å². The van der Waals surface area contributed by atoms with Crippen LogP contribution in [0.3, 0.4) is 0 Å². The Labute approximate surface area is 134 Å². The van der Waals surface area contributed by atoms with Crippen LogP contribution >= 0.6 is 11.3 Å². The monoisotopic (exact) mass is 337 g/mol. The summed E-state index contributed by atoms with van der Waals surface area (Å²) in [6.45, 7) is 3.64. The molecule has 1 aromatic heterocycles. The number of rotatable bonds is 6. The molecule has 2 aromatic rings. The van der Waals surface area contributed by atoms with Gasteiger partial charge in [0, 0.05) is 16.6 Å². The van der Waals surface area contributed by atoms with E-state index in [0.29, 0.717) is 23.0 Å². The summed E-state index contributed by atoms with van der Waals surface area (Å²) >= 11 is 1.40. The predicted octanol–water partition coefficient (Wildman–Crippen LogP) is 3.67. The van der Waals surface area contributed by atoms with Gasteiger partial charge in [0.25, 0.3) is 0 Å². The van der Waals surface area contributed by atoms with Crippen LogP contribution in [0.5, 0.6) is 0 Å². The molecule has 1 heterocycles. The molecule has 0 aliphatic heterocycles. The van der Waals surface area contributed by atoms with Crippen molar-refractivity contribution >= 4 is 42.2 Å².